The molecular weight excluding hydrogens is 663 g/mol. The number of imide groups is 1. The summed E-state index contributed by atoms with van der Waals surface area (Å²) < 4.78 is 21.1. The van der Waals surface area contributed by atoms with Crippen LogP contribution >= 0.6 is 0 Å². The Bertz CT molecular complexity index is 2250. The van der Waals surface area contributed by atoms with E-state index in [4.69, 9.17) is 5.10 Å². The van der Waals surface area contributed by atoms with E-state index in [-0.39, 0.29) is 42.3 Å². The number of carbonyl (C=O) groups is 3. The van der Waals surface area contributed by atoms with Gasteiger partial charge in [0.2, 0.25) is 11.8 Å². The number of nitrogens with zero attached hydrogens (tertiary/aromatic N) is 6. The van der Waals surface area contributed by atoms with Crippen LogP contribution in [0.15, 0.2) is 65.6 Å². The molecule has 270 valence electrons. The van der Waals surface area contributed by atoms with Crippen molar-refractivity contribution in [1.82, 2.24) is 34.1 Å². The fraction of sp³-hybridized carbons (Fsp3) is 0.436. The monoisotopic (exact) mass is 706 g/mol. The Labute approximate surface area is 300 Å². The van der Waals surface area contributed by atoms with Gasteiger partial charge in [0.15, 0.2) is 0 Å². The molecule has 0 spiro atoms. The maximum atomic E-state index is 16.1. The number of piperidine rings is 2. The van der Waals surface area contributed by atoms with Crippen LogP contribution in [0.5, 0.6) is 0 Å². The third kappa shape index (κ3) is 6.42. The average Bonchev–Trinajstić information content (AvgIpc) is 3.66. The number of aryl methyl sites for hydroxylation is 2. The number of likely N-dealkylation sites (tertiary alicyclic amines) is 1. The van der Waals surface area contributed by atoms with Crippen LogP contribution < -0.4 is 16.3 Å². The van der Waals surface area contributed by atoms with Gasteiger partial charge in [0, 0.05) is 55.4 Å². The predicted octanol–water partition coefficient (Wildman–Crippen LogP) is 5.18. The summed E-state index contributed by atoms with van der Waals surface area (Å²) in [6.45, 7) is 3.82. The number of aromatic nitrogens is 5. The Hall–Kier alpha value is -5.17. The molecule has 0 radical (unpaired) electrons. The number of nitrogens with one attached hydrogen (secondary N) is 2. The number of benzene rings is 2. The molecule has 3 fully saturated rings. The summed E-state index contributed by atoms with van der Waals surface area (Å²) in [6, 6.07) is 16.2. The molecule has 8 rings (SSSR count). The van der Waals surface area contributed by atoms with Crippen LogP contribution in [0.1, 0.15) is 84.7 Å². The van der Waals surface area contributed by atoms with E-state index in [2.05, 4.69) is 31.4 Å². The predicted molar refractivity (Wildman–Crippen MR) is 195 cm³/mol. The first kappa shape index (κ1) is 33.9. The van der Waals surface area contributed by atoms with Gasteiger partial charge in [0.1, 0.15) is 17.9 Å². The molecule has 3 amide bonds. The first-order valence-corrected chi connectivity index (χ1v) is 18.3. The normalized spacial score (nSPS) is 24.3. The molecule has 2 aromatic carbocycles. The van der Waals surface area contributed by atoms with Gasteiger partial charge in [0.05, 0.1) is 22.6 Å². The Balaban J connectivity index is 0.880. The minimum Gasteiger partial charge on any atom is -0.321 e. The van der Waals surface area contributed by atoms with Crippen molar-refractivity contribution < 1.29 is 18.8 Å². The quantitative estimate of drug-likeness (QED) is 0.223. The van der Waals surface area contributed by atoms with Gasteiger partial charge in [0.25, 0.3) is 5.91 Å². The van der Waals surface area contributed by atoms with Crippen molar-refractivity contribution in [3.8, 4) is 0 Å². The van der Waals surface area contributed by atoms with E-state index in [0.717, 1.165) is 60.9 Å². The maximum absolute atomic E-state index is 16.1. The van der Waals surface area contributed by atoms with Gasteiger partial charge in [-0.05, 0) is 99.9 Å². The molecule has 0 bridgehead atoms. The summed E-state index contributed by atoms with van der Waals surface area (Å²) in [4.78, 5) is 57.1. The summed E-state index contributed by atoms with van der Waals surface area (Å²) in [7, 11) is 1.67. The van der Waals surface area contributed by atoms with Crippen LogP contribution in [0.25, 0.3) is 21.9 Å². The highest BCUT2D eigenvalue weighted by molar-refractivity contribution is 6.04. The lowest BCUT2D eigenvalue weighted by Gasteiger charge is -2.38. The van der Waals surface area contributed by atoms with Gasteiger partial charge in [-0.3, -0.25) is 33.5 Å². The topological polar surface area (TPSA) is 136 Å². The van der Waals surface area contributed by atoms with Crippen molar-refractivity contribution in [1.29, 1.82) is 0 Å². The second kappa shape index (κ2) is 13.8. The van der Waals surface area contributed by atoms with E-state index in [9.17, 15) is 19.2 Å². The molecule has 52 heavy (non-hydrogen) atoms. The van der Waals surface area contributed by atoms with Gasteiger partial charge in [-0.1, -0.05) is 18.2 Å². The smallest absolute Gasteiger partial charge is 0.321 e. The van der Waals surface area contributed by atoms with Crippen molar-refractivity contribution in [2.24, 2.45) is 13.0 Å². The highest BCUT2D eigenvalue weighted by Gasteiger charge is 2.36. The maximum Gasteiger partial charge on any atom is 0.329 e. The molecule has 5 aromatic rings. The summed E-state index contributed by atoms with van der Waals surface area (Å²) in [5.74, 6) is -0.941. The number of anilines is 1. The van der Waals surface area contributed by atoms with E-state index in [0.29, 0.717) is 41.3 Å². The van der Waals surface area contributed by atoms with Crippen molar-refractivity contribution in [3.63, 3.8) is 0 Å². The third-order valence-corrected chi connectivity index (χ3v) is 11.3. The van der Waals surface area contributed by atoms with Crippen LogP contribution in [0, 0.1) is 12.8 Å². The zero-order chi connectivity index (χ0) is 36.1. The van der Waals surface area contributed by atoms with Gasteiger partial charge in [-0.2, -0.15) is 5.10 Å². The van der Waals surface area contributed by atoms with Gasteiger partial charge in [-0.25, -0.2) is 14.2 Å². The molecule has 1 unspecified atom stereocenters. The van der Waals surface area contributed by atoms with E-state index in [1.807, 2.05) is 49.4 Å². The van der Waals surface area contributed by atoms with Crippen LogP contribution in [0.4, 0.5) is 10.1 Å². The molecule has 2 saturated heterocycles. The molecule has 5 heterocycles. The number of alkyl halides is 1. The zero-order valence-corrected chi connectivity index (χ0v) is 29.4. The standard InChI is InChI=1S/C39H43FN8O4/c1-23-5-3-7-32(41-23)37(50)42-26-11-14-31-25(19-26)21-47(44-31)27-12-9-24(10-13-27)20-46-18-17-28(30(40)22-46)29-6-4-8-33-36(29)45(2)39(52)48(33)34-15-16-35(49)43-38(34)51/h3-8,11,14,19,21,24,27-28,30,34H,9-10,12-13,15-18,20,22H2,1-2H3,(H,42,50)(H,43,49,51)/t24-,27-,28-,30+,34?/m0/s1. The third-order valence-electron chi connectivity index (χ3n) is 11.3. The zero-order valence-electron chi connectivity index (χ0n) is 29.4. The number of amides is 3. The highest BCUT2D eigenvalue weighted by Crippen LogP contribution is 2.38. The lowest BCUT2D eigenvalue weighted by Crippen LogP contribution is -2.44. The molecule has 1 saturated carbocycles. The Morgan fingerprint density at radius 1 is 1.00 bits per heavy atom. The van der Waals surface area contributed by atoms with E-state index in [1.54, 1.807) is 19.2 Å². The lowest BCUT2D eigenvalue weighted by molar-refractivity contribution is -0.135. The van der Waals surface area contributed by atoms with Crippen LogP contribution in [0.3, 0.4) is 0 Å². The molecule has 1 aliphatic carbocycles. The second-order valence-electron chi connectivity index (χ2n) is 14.7. The number of pyridine rings is 1. The van der Waals surface area contributed by atoms with Crippen LogP contribution in [-0.4, -0.2) is 72.3 Å². The SMILES string of the molecule is Cc1cccc(C(=O)Nc2ccc3nn([C@H]4CC[C@H](CN5CC[C@@H](c6cccc7c6n(C)c(=O)n7C6CCC(=O)NC6=O)[C@H](F)C5)CC4)cc3c2)n1. The largest absolute Gasteiger partial charge is 0.329 e. The summed E-state index contributed by atoms with van der Waals surface area (Å²) >= 11 is 0. The van der Waals surface area contributed by atoms with Crippen molar-refractivity contribution in [3.05, 3.63) is 88.2 Å². The number of rotatable bonds is 7. The Morgan fingerprint density at radius 2 is 1.81 bits per heavy atom. The Morgan fingerprint density at radius 3 is 2.58 bits per heavy atom. The number of fused-ring (bicyclic) bond motifs is 2. The minimum absolute atomic E-state index is 0.169. The molecule has 3 aromatic heterocycles. The molecule has 2 aliphatic heterocycles. The van der Waals surface area contributed by atoms with Gasteiger partial charge in [-0.15, -0.1) is 0 Å². The highest BCUT2D eigenvalue weighted by atomic mass is 19.1. The molecule has 13 heteroatoms. The average molecular weight is 707 g/mol. The number of hydrogen-bond donors (Lipinski definition) is 2. The van der Waals surface area contributed by atoms with E-state index < -0.39 is 18.1 Å². The molecule has 3 atom stereocenters. The van der Waals surface area contributed by atoms with Crippen LogP contribution in [0.2, 0.25) is 0 Å². The first-order chi connectivity index (χ1) is 25.1. The summed E-state index contributed by atoms with van der Waals surface area (Å²) in [5.41, 5.74) is 4.45. The number of carbonyl (C=O) groups excluding carboxylic acids is 3. The van der Waals surface area contributed by atoms with E-state index in [1.165, 1.54) is 9.13 Å². The number of hydrogen-bond acceptors (Lipinski definition) is 7. The summed E-state index contributed by atoms with van der Waals surface area (Å²) in [5, 5.41) is 11.1. The minimum atomic E-state index is -1.09. The van der Waals surface area contributed by atoms with Crippen molar-refractivity contribution in [2.45, 2.75) is 76.0 Å². The summed E-state index contributed by atoms with van der Waals surface area (Å²) in [6.07, 6.45) is 6.11. The van der Waals surface area contributed by atoms with Crippen LogP contribution in [-0.2, 0) is 16.6 Å². The van der Waals surface area contributed by atoms with E-state index >= 15 is 4.39 Å². The fourth-order valence-electron chi connectivity index (χ4n) is 8.61. The Kier molecular flexibility index (Phi) is 8.98. The van der Waals surface area contributed by atoms with Gasteiger partial charge >= 0.3 is 5.69 Å². The number of halogens is 1. The fourth-order valence-corrected chi connectivity index (χ4v) is 8.61. The van der Waals surface area contributed by atoms with Crippen molar-refractivity contribution in [2.75, 3.05) is 25.0 Å². The number of para-hydroxylation sites is 1. The second-order valence-corrected chi connectivity index (χ2v) is 14.7. The molecule has 12 nitrogen and oxygen atoms in total. The number of imidazole rings is 1. The molecular formula is C39H43FN8O4. The van der Waals surface area contributed by atoms with Crippen molar-refractivity contribution >= 4 is 45.3 Å². The first-order valence-electron chi connectivity index (χ1n) is 18.3. The lowest BCUT2D eigenvalue weighted by atomic mass is 9.83. The van der Waals surface area contributed by atoms with Gasteiger partial charge < -0.3 is 10.2 Å². The molecule has 3 aliphatic rings. The molecule has 2 N–H and O–H groups in total.